The fourth-order valence-electron chi connectivity index (χ4n) is 6.14. The van der Waals surface area contributed by atoms with Gasteiger partial charge < -0.3 is 14.2 Å². The minimum Gasteiger partial charge on any atom is -0.464 e. The van der Waals surface area contributed by atoms with E-state index in [1.165, 1.54) is 7.11 Å². The average Bonchev–Trinajstić information content (AvgIpc) is 3.31. The van der Waals surface area contributed by atoms with Crippen LogP contribution in [0.5, 0.6) is 11.5 Å². The van der Waals surface area contributed by atoms with Gasteiger partial charge in [0, 0.05) is 17.0 Å². The summed E-state index contributed by atoms with van der Waals surface area (Å²) in [5, 5.41) is 4.72. The van der Waals surface area contributed by atoms with Crippen LogP contribution in [-0.2, 0) is 20.7 Å². The van der Waals surface area contributed by atoms with Gasteiger partial charge in [-0.2, -0.15) is 9.47 Å². The maximum atomic E-state index is 14.5. The number of rotatable bonds is 3. The fourth-order valence-corrected chi connectivity index (χ4v) is 7.05. The standard InChI is InChI=1S/C26H21N4O7S/c1-29(25-27-16(11-38-25)22(32)35-2)17-6-4-3-5-15(17)10-26(23(29)33)12-30(26)21(31)20(28-24(30)34)14-7-8-18-19(9-14)37-13-36-18/h3-9,11,20H,10,12-13H2,1-2H3/q+1/p+1/t20-,26?,29?,30?/m1/s1. The second-order valence-corrected chi connectivity index (χ2v) is 10.8. The molecule has 2 spiro atoms. The Morgan fingerprint density at radius 2 is 1.95 bits per heavy atom. The number of methoxy groups -OCH3 is 1. The first-order valence-corrected chi connectivity index (χ1v) is 12.8. The number of carbonyl (C=O) groups is 4. The topological polar surface area (TPSA) is 121 Å². The molecule has 11 nitrogen and oxygen atoms in total. The number of imide groups is 1. The molecule has 0 aliphatic carbocycles. The van der Waals surface area contributed by atoms with Gasteiger partial charge in [-0.15, -0.1) is 4.48 Å². The van der Waals surface area contributed by atoms with E-state index in [2.05, 4.69) is 10.3 Å². The van der Waals surface area contributed by atoms with Gasteiger partial charge in [0.15, 0.2) is 35.5 Å². The lowest BCUT2D eigenvalue weighted by molar-refractivity contribution is -0.650. The maximum absolute atomic E-state index is 14.5. The molecule has 12 heteroatoms. The lowest BCUT2D eigenvalue weighted by Gasteiger charge is -2.35. The van der Waals surface area contributed by atoms with Gasteiger partial charge in [0.2, 0.25) is 6.79 Å². The second-order valence-electron chi connectivity index (χ2n) is 9.96. The smallest absolute Gasteiger partial charge is 0.426 e. The highest BCUT2D eigenvalue weighted by Gasteiger charge is 2.90. The van der Waals surface area contributed by atoms with Gasteiger partial charge in [-0.25, -0.2) is 19.2 Å². The number of para-hydroxylation sites is 1. The molecule has 0 radical (unpaired) electrons. The summed E-state index contributed by atoms with van der Waals surface area (Å²) in [4.78, 5) is 58.6. The van der Waals surface area contributed by atoms with Crippen molar-refractivity contribution in [2.24, 2.45) is 0 Å². The first-order chi connectivity index (χ1) is 18.3. The third-order valence-electron chi connectivity index (χ3n) is 8.12. The van der Waals surface area contributed by atoms with Crippen LogP contribution in [0.3, 0.4) is 0 Å². The van der Waals surface area contributed by atoms with E-state index in [1.807, 2.05) is 24.3 Å². The minimum atomic E-state index is -1.30. The third kappa shape index (κ3) is 2.66. The van der Waals surface area contributed by atoms with Crippen LogP contribution in [0.25, 0.3) is 0 Å². The van der Waals surface area contributed by atoms with E-state index in [1.54, 1.807) is 30.6 Å². The monoisotopic (exact) mass is 534 g/mol. The number of thiazole rings is 1. The van der Waals surface area contributed by atoms with Crippen molar-refractivity contribution in [3.05, 3.63) is 64.7 Å². The van der Waals surface area contributed by atoms with E-state index >= 15 is 0 Å². The molecule has 1 aromatic heterocycles. The number of hydrogen-bond donors (Lipinski definition) is 1. The Morgan fingerprint density at radius 3 is 2.76 bits per heavy atom. The Bertz CT molecular complexity index is 1600. The number of benzene rings is 2. The highest BCUT2D eigenvalue weighted by atomic mass is 32.1. The van der Waals surface area contributed by atoms with Crippen LogP contribution in [0.15, 0.2) is 47.8 Å². The van der Waals surface area contributed by atoms with Gasteiger partial charge in [0.25, 0.3) is 10.7 Å². The van der Waals surface area contributed by atoms with Crippen molar-refractivity contribution in [1.82, 2.24) is 14.8 Å². The summed E-state index contributed by atoms with van der Waals surface area (Å²) in [5.41, 5.74) is 0.888. The van der Waals surface area contributed by atoms with Crippen LogP contribution in [0, 0.1) is 0 Å². The van der Waals surface area contributed by atoms with Crippen molar-refractivity contribution in [3.8, 4) is 11.5 Å². The summed E-state index contributed by atoms with van der Waals surface area (Å²) >= 11 is 1.16. The number of fused-ring (bicyclic) bond motifs is 3. The molecule has 3 aromatic rings. The van der Waals surface area contributed by atoms with Crippen molar-refractivity contribution in [2.75, 3.05) is 27.5 Å². The number of nitrogens with one attached hydrogen (secondary N) is 1. The molecule has 3 unspecified atom stereocenters. The molecule has 7 rings (SSSR count). The molecule has 2 saturated heterocycles. The van der Waals surface area contributed by atoms with Gasteiger partial charge in [-0.1, -0.05) is 35.6 Å². The van der Waals surface area contributed by atoms with Gasteiger partial charge in [-0.3, -0.25) is 5.32 Å². The number of quaternary nitrogens is 2. The number of carbonyl (C=O) groups excluding carboxylic acids is 4. The summed E-state index contributed by atoms with van der Waals surface area (Å²) < 4.78 is 14.6. The molecule has 2 aromatic carbocycles. The zero-order valence-corrected chi connectivity index (χ0v) is 21.2. The number of nitrogens with zero attached hydrogens (tertiary/aromatic N) is 3. The molecule has 0 bridgehead atoms. The van der Waals surface area contributed by atoms with Crippen LogP contribution < -0.4 is 19.3 Å². The van der Waals surface area contributed by atoms with Crippen molar-refractivity contribution in [2.45, 2.75) is 18.0 Å². The normalized spacial score (nSPS) is 30.5. The van der Waals surface area contributed by atoms with E-state index in [0.29, 0.717) is 27.9 Å². The lowest BCUT2D eigenvalue weighted by Crippen LogP contribution is -2.62. The minimum absolute atomic E-state index is 0.0506. The van der Waals surface area contributed by atoms with Crippen LogP contribution in [0.2, 0.25) is 0 Å². The lowest BCUT2D eigenvalue weighted by atomic mass is 9.89. The van der Waals surface area contributed by atoms with E-state index in [9.17, 15) is 19.2 Å². The molecule has 5 heterocycles. The Labute approximate surface area is 220 Å². The summed E-state index contributed by atoms with van der Waals surface area (Å²) in [5.74, 6) is -0.249. The van der Waals surface area contributed by atoms with Gasteiger partial charge in [-0.05, 0) is 17.7 Å². The number of likely N-dealkylation sites (N-methyl/N-ethyl adjacent to an activating group) is 1. The molecule has 0 saturated carbocycles. The first kappa shape index (κ1) is 23.0. The summed E-state index contributed by atoms with van der Waals surface area (Å²) in [6, 6.07) is 11.1. The number of amides is 4. The molecular weight excluding hydrogens is 512 g/mol. The number of urea groups is 1. The summed E-state index contributed by atoms with van der Waals surface area (Å²) in [6.07, 6.45) is 0.234. The Balaban J connectivity index is 1.32. The van der Waals surface area contributed by atoms with Crippen LogP contribution in [0.1, 0.15) is 27.7 Å². The predicted octanol–water partition coefficient (Wildman–Crippen LogP) is 2.57. The molecule has 4 amide bonds. The van der Waals surface area contributed by atoms with Gasteiger partial charge >= 0.3 is 23.8 Å². The number of hydrogen-bond acceptors (Lipinski definition) is 9. The second kappa shape index (κ2) is 7.47. The van der Waals surface area contributed by atoms with Crippen LogP contribution in [0.4, 0.5) is 15.6 Å². The Hall–Kier alpha value is -4.13. The molecule has 4 aliphatic rings. The molecule has 1 N–H and O–H groups in total. The molecule has 38 heavy (non-hydrogen) atoms. The number of aromatic nitrogens is 1. The molecular formula is C26H22N4O7S+2. The highest BCUT2D eigenvalue weighted by molar-refractivity contribution is 7.14. The highest BCUT2D eigenvalue weighted by Crippen LogP contribution is 2.58. The van der Waals surface area contributed by atoms with Gasteiger partial charge in [0.1, 0.15) is 0 Å². The average molecular weight is 535 g/mol. The van der Waals surface area contributed by atoms with E-state index in [4.69, 9.17) is 14.2 Å². The zero-order valence-electron chi connectivity index (χ0n) is 20.4. The first-order valence-electron chi connectivity index (χ1n) is 11.9. The zero-order chi connectivity index (χ0) is 26.4. The molecule has 4 atom stereocenters. The Morgan fingerprint density at radius 1 is 1.16 bits per heavy atom. The predicted molar refractivity (Wildman–Crippen MR) is 133 cm³/mol. The van der Waals surface area contributed by atoms with Crippen molar-refractivity contribution in [1.29, 1.82) is 0 Å². The van der Waals surface area contributed by atoms with Crippen molar-refractivity contribution in [3.63, 3.8) is 0 Å². The quantitative estimate of drug-likeness (QED) is 0.236. The number of esters is 1. The van der Waals surface area contributed by atoms with Crippen LogP contribution >= 0.6 is 11.3 Å². The Kier molecular flexibility index (Phi) is 4.52. The van der Waals surface area contributed by atoms with Gasteiger partial charge in [0.05, 0.1) is 20.6 Å². The molecule has 192 valence electrons. The van der Waals surface area contributed by atoms with E-state index < -0.39 is 28.1 Å². The van der Waals surface area contributed by atoms with E-state index in [0.717, 1.165) is 16.9 Å². The largest absolute Gasteiger partial charge is 0.464 e. The summed E-state index contributed by atoms with van der Waals surface area (Å²) in [7, 11) is 2.96. The van der Waals surface area contributed by atoms with Crippen LogP contribution in [-0.4, -0.2) is 66.3 Å². The SMILES string of the molecule is COC(=O)c1csc([N+]2(C)C(=O)C3(Cc4ccccc42)C[N+]32C(=O)N[C@H](c3ccc4c(c3)OCO4)C2=O)n1. The third-order valence-corrected chi connectivity index (χ3v) is 9.13. The fraction of sp³-hybridized carbons (Fsp3) is 0.269. The molecule has 2 fully saturated rings. The maximum Gasteiger partial charge on any atom is 0.426 e. The summed E-state index contributed by atoms with van der Waals surface area (Å²) in [6.45, 7) is 0.140. The van der Waals surface area contributed by atoms with Crippen molar-refractivity contribution >= 4 is 46.0 Å². The number of ether oxygens (including phenoxy) is 3. The molecule has 4 aliphatic heterocycles. The van der Waals surface area contributed by atoms with E-state index in [-0.39, 0.29) is 41.7 Å². The van der Waals surface area contributed by atoms with Crippen molar-refractivity contribution < 1.29 is 37.9 Å².